The number of hydrogen-bond acceptors (Lipinski definition) is 7. The summed E-state index contributed by atoms with van der Waals surface area (Å²) in [6.45, 7) is -0.631. The van der Waals surface area contributed by atoms with Gasteiger partial charge in [-0.3, -0.25) is 9.59 Å². The van der Waals surface area contributed by atoms with Crippen LogP contribution in [0.15, 0.2) is 96.2 Å². The predicted molar refractivity (Wildman–Crippen MR) is 141 cm³/mol. The molecule has 1 aliphatic rings. The molecule has 11 heteroatoms. The smallest absolute Gasteiger partial charge is 0.454 e. The van der Waals surface area contributed by atoms with Crippen LogP contribution < -0.4 is 10.1 Å². The molecule has 0 spiro atoms. The number of hydrogen-bond donors (Lipinski definition) is 1. The van der Waals surface area contributed by atoms with Gasteiger partial charge in [0.2, 0.25) is 0 Å². The number of nitrogens with one attached hydrogen (secondary N) is 1. The first kappa shape index (κ1) is 28.1. The highest BCUT2D eigenvalue weighted by Gasteiger charge is 2.36. The number of esters is 1. The van der Waals surface area contributed by atoms with Gasteiger partial charge in [0.15, 0.2) is 6.61 Å². The zero-order valence-electron chi connectivity index (χ0n) is 21.2. The molecule has 0 radical (unpaired) electrons. The van der Waals surface area contributed by atoms with Gasteiger partial charge < -0.3 is 14.8 Å². The maximum absolute atomic E-state index is 13.2. The Labute approximate surface area is 227 Å². The number of carbonyl (C=O) groups excluding carboxylic acids is 3. The van der Waals surface area contributed by atoms with Gasteiger partial charge in [-0.25, -0.2) is 9.80 Å². The number of ketones is 1. The van der Waals surface area contributed by atoms with Crippen molar-refractivity contribution in [3.05, 3.63) is 108 Å². The highest BCUT2D eigenvalue weighted by molar-refractivity contribution is 6.03. The maximum Gasteiger partial charge on any atom is 0.454 e. The Morgan fingerprint density at radius 1 is 1.00 bits per heavy atom. The fraction of sp³-hybridized carbons (Fsp3) is 0.172. The average molecular weight is 552 g/mol. The Balaban J connectivity index is 1.48. The molecule has 8 nitrogen and oxygen atoms in total. The number of alkyl halides is 3. The van der Waals surface area contributed by atoms with Crippen LogP contribution in [0.1, 0.15) is 33.9 Å². The minimum absolute atomic E-state index is 0.0407. The molecule has 1 atom stereocenters. The average Bonchev–Trinajstić information content (AvgIpc) is 3.42. The molecule has 0 aromatic heterocycles. The van der Waals surface area contributed by atoms with Gasteiger partial charge in [0, 0.05) is 18.7 Å². The lowest BCUT2D eigenvalue weighted by atomic mass is 9.98. The number of ether oxygens (including phenoxy) is 2. The summed E-state index contributed by atoms with van der Waals surface area (Å²) in [6.07, 6.45) is -3.50. The molecule has 0 fully saturated rings. The van der Waals surface area contributed by atoms with Crippen LogP contribution >= 0.6 is 0 Å². The van der Waals surface area contributed by atoms with Crippen molar-refractivity contribution < 1.29 is 37.0 Å². The summed E-state index contributed by atoms with van der Waals surface area (Å²) in [4.78, 5) is 37.1. The predicted octanol–water partition coefficient (Wildman–Crippen LogP) is 5.29. The van der Waals surface area contributed by atoms with Crippen LogP contribution in [0, 0.1) is 0 Å². The lowest BCUT2D eigenvalue weighted by Crippen LogP contribution is -2.31. The third-order valence-electron chi connectivity index (χ3n) is 6.00. The summed E-state index contributed by atoms with van der Waals surface area (Å²) in [5.74, 6) is -2.86. The Hall–Kier alpha value is -4.93. The molecule has 3 aromatic carbocycles. The maximum atomic E-state index is 13.2. The summed E-state index contributed by atoms with van der Waals surface area (Å²) < 4.78 is 47.7. The lowest BCUT2D eigenvalue weighted by Gasteiger charge is -2.22. The van der Waals surface area contributed by atoms with Crippen molar-refractivity contribution in [1.82, 2.24) is 5.01 Å². The van der Waals surface area contributed by atoms with Gasteiger partial charge in [0.1, 0.15) is 5.75 Å². The van der Waals surface area contributed by atoms with Crippen molar-refractivity contribution in [2.45, 2.75) is 18.6 Å². The van der Waals surface area contributed by atoms with Crippen molar-refractivity contribution >= 4 is 29.1 Å². The second kappa shape index (κ2) is 12.3. The second-order valence-corrected chi connectivity index (χ2v) is 8.61. The van der Waals surface area contributed by atoms with Gasteiger partial charge in [0.25, 0.3) is 11.7 Å². The number of carbonyl (C=O) groups is 3. The van der Waals surface area contributed by atoms with Gasteiger partial charge in [-0.1, -0.05) is 54.6 Å². The zero-order valence-corrected chi connectivity index (χ0v) is 21.2. The van der Waals surface area contributed by atoms with E-state index in [4.69, 9.17) is 9.47 Å². The van der Waals surface area contributed by atoms with Crippen molar-refractivity contribution in [3.63, 3.8) is 0 Å². The van der Waals surface area contributed by atoms with Crippen molar-refractivity contribution in [2.75, 3.05) is 19.0 Å². The molecule has 206 valence electrons. The highest BCUT2D eigenvalue weighted by atomic mass is 19.4. The number of para-hydroxylation sites is 1. The molecule has 3 aromatic rings. The number of hydrazone groups is 1. The Morgan fingerprint density at radius 2 is 1.68 bits per heavy atom. The van der Waals surface area contributed by atoms with Gasteiger partial charge in [-0.2, -0.15) is 18.3 Å². The molecule has 0 saturated carbocycles. The van der Waals surface area contributed by atoms with E-state index in [9.17, 15) is 27.6 Å². The topological polar surface area (TPSA) is 97.3 Å². The van der Waals surface area contributed by atoms with E-state index in [2.05, 4.69) is 10.4 Å². The largest absolute Gasteiger partial charge is 0.497 e. The van der Waals surface area contributed by atoms with E-state index in [-0.39, 0.29) is 11.3 Å². The molecule has 40 heavy (non-hydrogen) atoms. The third kappa shape index (κ3) is 6.73. The summed E-state index contributed by atoms with van der Waals surface area (Å²) in [7, 11) is 1.55. The first-order valence-electron chi connectivity index (χ1n) is 12.1. The van der Waals surface area contributed by atoms with Gasteiger partial charge in [-0.15, -0.1) is 0 Å². The van der Waals surface area contributed by atoms with E-state index >= 15 is 0 Å². The standard InChI is InChI=1S/C29H24F3N3O5/c1-39-21-13-11-20(12-14-21)25-17-24(19-7-3-2-4-8-19)34-35(25)27(37)18-40-28(38)22-9-5-6-10-23(22)33-16-15-26(36)29(30,31)32/h2-16,25,33H,17-18H2,1H3. The van der Waals surface area contributed by atoms with Gasteiger partial charge in [0.05, 0.1) is 30.1 Å². The summed E-state index contributed by atoms with van der Waals surface area (Å²) >= 11 is 0. The summed E-state index contributed by atoms with van der Waals surface area (Å²) in [5, 5.41) is 8.29. The Morgan fingerprint density at radius 3 is 2.35 bits per heavy atom. The van der Waals surface area contributed by atoms with Crippen LogP contribution in [-0.2, 0) is 14.3 Å². The fourth-order valence-electron chi connectivity index (χ4n) is 3.99. The molecule has 0 aliphatic carbocycles. The molecular weight excluding hydrogens is 527 g/mol. The second-order valence-electron chi connectivity index (χ2n) is 8.61. The van der Waals surface area contributed by atoms with E-state index in [1.807, 2.05) is 42.5 Å². The van der Waals surface area contributed by atoms with Crippen LogP contribution in [-0.4, -0.2) is 48.3 Å². The van der Waals surface area contributed by atoms with Crippen molar-refractivity contribution in [1.29, 1.82) is 0 Å². The van der Waals surface area contributed by atoms with E-state index in [1.165, 1.54) is 29.3 Å². The number of halogens is 3. The lowest BCUT2D eigenvalue weighted by molar-refractivity contribution is -0.165. The minimum atomic E-state index is -5.01. The fourth-order valence-corrected chi connectivity index (χ4v) is 3.99. The molecule has 4 rings (SSSR count). The minimum Gasteiger partial charge on any atom is -0.497 e. The monoisotopic (exact) mass is 551 g/mol. The van der Waals surface area contributed by atoms with Crippen LogP contribution in [0.5, 0.6) is 5.75 Å². The number of amides is 1. The van der Waals surface area contributed by atoms with E-state index in [0.29, 0.717) is 24.0 Å². The summed E-state index contributed by atoms with van der Waals surface area (Å²) in [5.41, 5.74) is 2.40. The van der Waals surface area contributed by atoms with Crippen molar-refractivity contribution in [3.8, 4) is 5.75 Å². The molecule has 1 amide bonds. The summed E-state index contributed by atoms with van der Waals surface area (Å²) in [6, 6.07) is 22.0. The van der Waals surface area contributed by atoms with E-state index in [0.717, 1.165) is 17.3 Å². The van der Waals surface area contributed by atoms with Crippen LogP contribution in [0.25, 0.3) is 0 Å². The number of benzene rings is 3. The van der Waals surface area contributed by atoms with E-state index < -0.39 is 36.5 Å². The molecule has 0 bridgehead atoms. The molecule has 1 aliphatic heterocycles. The van der Waals surface area contributed by atoms with Gasteiger partial charge >= 0.3 is 12.1 Å². The number of allylic oxidation sites excluding steroid dienone is 1. The van der Waals surface area contributed by atoms with Gasteiger partial charge in [-0.05, 0) is 35.4 Å². The molecular formula is C29H24F3N3O5. The molecule has 1 N–H and O–H groups in total. The Bertz CT molecular complexity index is 1440. The normalized spacial score (nSPS) is 15.1. The molecule has 0 saturated heterocycles. The molecule has 1 heterocycles. The van der Waals surface area contributed by atoms with Crippen LogP contribution in [0.2, 0.25) is 0 Å². The van der Waals surface area contributed by atoms with Crippen LogP contribution in [0.4, 0.5) is 18.9 Å². The van der Waals surface area contributed by atoms with Crippen molar-refractivity contribution in [2.24, 2.45) is 5.10 Å². The third-order valence-corrected chi connectivity index (χ3v) is 6.00. The highest BCUT2D eigenvalue weighted by Crippen LogP contribution is 2.33. The quantitative estimate of drug-likeness (QED) is 0.287. The number of methoxy groups -OCH3 is 1. The number of rotatable bonds is 9. The zero-order chi connectivity index (χ0) is 28.7. The first-order valence-corrected chi connectivity index (χ1v) is 12.1. The van der Waals surface area contributed by atoms with Crippen LogP contribution in [0.3, 0.4) is 0 Å². The number of nitrogens with zero attached hydrogens (tertiary/aromatic N) is 2. The molecule has 1 unspecified atom stereocenters. The SMILES string of the molecule is COc1ccc(C2CC(c3ccccc3)=NN2C(=O)COC(=O)c2ccccc2NC=CC(=O)C(F)(F)F)cc1. The first-order chi connectivity index (χ1) is 19.2. The van der Waals surface area contributed by atoms with E-state index in [1.54, 1.807) is 19.2 Å². The number of anilines is 1. The Kier molecular flexibility index (Phi) is 8.63.